The summed E-state index contributed by atoms with van der Waals surface area (Å²) in [5.41, 5.74) is 3.15. The fourth-order valence-electron chi connectivity index (χ4n) is 4.98. The zero-order valence-electron chi connectivity index (χ0n) is 18.3. The van der Waals surface area contributed by atoms with Crippen molar-refractivity contribution in [2.75, 3.05) is 33.8 Å². The summed E-state index contributed by atoms with van der Waals surface area (Å²) in [7, 11) is 3.28. The molecular formula is C25H32N2O3S. The molecule has 0 N–H and O–H groups in total. The molecule has 2 unspecified atom stereocenters. The van der Waals surface area contributed by atoms with Crippen LogP contribution in [0.4, 0.5) is 0 Å². The first kappa shape index (κ1) is 23.4. The molecule has 5 nitrogen and oxygen atoms in total. The Hall–Kier alpha value is -2.31. The Balaban J connectivity index is 0.00000272. The number of carbonyl (C=O) groups excluding carboxylic acids is 2. The van der Waals surface area contributed by atoms with E-state index in [1.54, 1.807) is 0 Å². The zero-order valence-corrected chi connectivity index (χ0v) is 19.3. The molecule has 1 amide bonds. The van der Waals surface area contributed by atoms with E-state index in [0.29, 0.717) is 6.42 Å². The van der Waals surface area contributed by atoms with Gasteiger partial charge in [0.1, 0.15) is 0 Å². The minimum absolute atomic E-state index is 0. The highest BCUT2D eigenvalue weighted by Gasteiger charge is 2.44. The number of nitrogens with zero attached hydrogens (tertiary/aromatic N) is 2. The number of ether oxygens (including phenoxy) is 1. The largest absolute Gasteiger partial charge is 0.469 e. The molecule has 2 aromatic carbocycles. The smallest absolute Gasteiger partial charge is 0.310 e. The number of benzene rings is 2. The minimum Gasteiger partial charge on any atom is -0.469 e. The van der Waals surface area contributed by atoms with E-state index in [0.717, 1.165) is 36.3 Å². The Morgan fingerprint density at radius 3 is 2.39 bits per heavy atom. The molecule has 2 aromatic rings. The van der Waals surface area contributed by atoms with E-state index in [1.807, 2.05) is 54.4 Å². The number of likely N-dealkylation sites (N-methyl/N-ethyl adjacent to an activating group) is 1. The van der Waals surface area contributed by atoms with Crippen molar-refractivity contribution in [3.8, 4) is 0 Å². The van der Waals surface area contributed by atoms with Crippen LogP contribution >= 0.6 is 13.5 Å². The molecule has 2 aliphatic rings. The van der Waals surface area contributed by atoms with Gasteiger partial charge >= 0.3 is 5.97 Å². The monoisotopic (exact) mass is 440 g/mol. The number of fused-ring (bicyclic) bond motifs is 1. The molecule has 6 heteroatoms. The number of rotatable bonds is 6. The van der Waals surface area contributed by atoms with Crippen molar-refractivity contribution in [3.63, 3.8) is 0 Å². The van der Waals surface area contributed by atoms with Gasteiger partial charge in [0, 0.05) is 13.6 Å². The maximum atomic E-state index is 13.8. The standard InChI is InChI=1S/C25H30N2O3.H2S/c1-26(22(17-27-14-8-9-15-27)18-10-4-3-5-11-18)24(28)23-20-13-7-6-12-19(20)16-21(23)25(29)30-2;/h3-7,10-13,21-23H,8-9,14-17H2,1-2H3;1H2/t21?,22-,23?;/m1./s1. The van der Waals surface area contributed by atoms with Crippen molar-refractivity contribution in [1.29, 1.82) is 0 Å². The van der Waals surface area contributed by atoms with Crippen molar-refractivity contribution in [1.82, 2.24) is 9.80 Å². The van der Waals surface area contributed by atoms with Gasteiger partial charge < -0.3 is 14.5 Å². The van der Waals surface area contributed by atoms with Crippen LogP contribution in [0.1, 0.15) is 41.5 Å². The van der Waals surface area contributed by atoms with Gasteiger partial charge in [-0.15, -0.1) is 0 Å². The third kappa shape index (κ3) is 4.80. The Labute approximate surface area is 191 Å². The molecule has 0 bridgehead atoms. The molecule has 1 aliphatic carbocycles. The molecule has 1 aliphatic heterocycles. The summed E-state index contributed by atoms with van der Waals surface area (Å²) < 4.78 is 5.06. The molecule has 0 radical (unpaired) electrons. The van der Waals surface area contributed by atoms with Gasteiger partial charge in [-0.2, -0.15) is 13.5 Å². The van der Waals surface area contributed by atoms with E-state index < -0.39 is 11.8 Å². The molecular weight excluding hydrogens is 408 g/mol. The number of esters is 1. The van der Waals surface area contributed by atoms with Gasteiger partial charge in [0.15, 0.2) is 0 Å². The summed E-state index contributed by atoms with van der Waals surface area (Å²) >= 11 is 0. The van der Waals surface area contributed by atoms with Gasteiger partial charge in [0.05, 0.1) is 25.0 Å². The van der Waals surface area contributed by atoms with Gasteiger partial charge in [-0.3, -0.25) is 9.59 Å². The van der Waals surface area contributed by atoms with Crippen LogP contribution in [0, 0.1) is 5.92 Å². The Morgan fingerprint density at radius 2 is 1.71 bits per heavy atom. The summed E-state index contributed by atoms with van der Waals surface area (Å²) in [6.45, 7) is 2.95. The lowest BCUT2D eigenvalue weighted by Gasteiger charge is -2.34. The SMILES string of the molecule is COC(=O)C1Cc2ccccc2C1C(=O)N(C)[C@H](CN1CCCC1)c1ccccc1.S. The molecule has 1 saturated heterocycles. The first-order valence-corrected chi connectivity index (χ1v) is 10.8. The third-order valence-corrected chi connectivity index (χ3v) is 6.63. The summed E-state index contributed by atoms with van der Waals surface area (Å²) in [6.07, 6.45) is 2.97. The van der Waals surface area contributed by atoms with Crippen LogP contribution in [-0.2, 0) is 20.7 Å². The second-order valence-corrected chi connectivity index (χ2v) is 8.39. The quantitative estimate of drug-likeness (QED) is 0.645. The fraction of sp³-hybridized carbons (Fsp3) is 0.440. The van der Waals surface area contributed by atoms with Crippen LogP contribution in [0.25, 0.3) is 0 Å². The zero-order chi connectivity index (χ0) is 21.1. The van der Waals surface area contributed by atoms with Crippen LogP contribution in [0.15, 0.2) is 54.6 Å². The second kappa shape index (κ2) is 10.3. The Bertz CT molecular complexity index is 899. The maximum absolute atomic E-state index is 13.8. The first-order valence-electron chi connectivity index (χ1n) is 10.8. The van der Waals surface area contributed by atoms with E-state index >= 15 is 0 Å². The number of hydrogen-bond acceptors (Lipinski definition) is 4. The molecule has 4 rings (SSSR count). The van der Waals surface area contributed by atoms with Gasteiger partial charge in [0.2, 0.25) is 5.91 Å². The molecule has 31 heavy (non-hydrogen) atoms. The topological polar surface area (TPSA) is 49.9 Å². The van der Waals surface area contributed by atoms with Crippen molar-refractivity contribution in [2.45, 2.75) is 31.2 Å². The Morgan fingerprint density at radius 1 is 1.06 bits per heavy atom. The van der Waals surface area contributed by atoms with Gasteiger partial charge in [-0.1, -0.05) is 54.6 Å². The summed E-state index contributed by atoms with van der Waals surface area (Å²) in [6, 6.07) is 18.1. The molecule has 1 heterocycles. The van der Waals surface area contributed by atoms with E-state index in [-0.39, 0.29) is 31.4 Å². The number of hydrogen-bond donors (Lipinski definition) is 0. The minimum atomic E-state index is -0.497. The highest BCUT2D eigenvalue weighted by molar-refractivity contribution is 7.59. The van der Waals surface area contributed by atoms with Crippen molar-refractivity contribution >= 4 is 25.4 Å². The number of amides is 1. The number of carbonyl (C=O) groups is 2. The predicted octanol–water partition coefficient (Wildman–Crippen LogP) is 3.52. The normalized spacial score (nSPS) is 21.1. The second-order valence-electron chi connectivity index (χ2n) is 8.39. The maximum Gasteiger partial charge on any atom is 0.310 e. The van der Waals surface area contributed by atoms with Crippen LogP contribution in [0.5, 0.6) is 0 Å². The molecule has 0 spiro atoms. The van der Waals surface area contributed by atoms with Crippen molar-refractivity contribution < 1.29 is 14.3 Å². The van der Waals surface area contributed by atoms with Crippen molar-refractivity contribution in [3.05, 3.63) is 71.3 Å². The lowest BCUT2D eigenvalue weighted by Crippen LogP contribution is -2.42. The highest BCUT2D eigenvalue weighted by atomic mass is 32.1. The van der Waals surface area contributed by atoms with E-state index in [1.165, 1.54) is 20.0 Å². The fourth-order valence-corrected chi connectivity index (χ4v) is 4.98. The first-order chi connectivity index (χ1) is 14.6. The highest BCUT2D eigenvalue weighted by Crippen LogP contribution is 2.41. The summed E-state index contributed by atoms with van der Waals surface area (Å²) in [4.78, 5) is 30.7. The third-order valence-electron chi connectivity index (χ3n) is 6.63. The average molecular weight is 441 g/mol. The van der Waals surface area contributed by atoms with E-state index in [9.17, 15) is 9.59 Å². The number of methoxy groups -OCH3 is 1. The average Bonchev–Trinajstić information content (AvgIpc) is 3.44. The lowest BCUT2D eigenvalue weighted by molar-refractivity contribution is -0.150. The van der Waals surface area contributed by atoms with Crippen LogP contribution in [-0.4, -0.2) is 55.5 Å². The predicted molar refractivity (Wildman–Crippen MR) is 126 cm³/mol. The lowest BCUT2D eigenvalue weighted by atomic mass is 9.90. The summed E-state index contributed by atoms with van der Waals surface area (Å²) in [5, 5.41) is 0. The van der Waals surface area contributed by atoms with Gasteiger partial charge in [-0.25, -0.2) is 0 Å². The number of likely N-dealkylation sites (tertiary alicyclic amines) is 1. The van der Waals surface area contributed by atoms with Crippen LogP contribution in [0.3, 0.4) is 0 Å². The molecule has 166 valence electrons. The molecule has 0 saturated carbocycles. The van der Waals surface area contributed by atoms with Crippen molar-refractivity contribution in [2.24, 2.45) is 5.92 Å². The van der Waals surface area contributed by atoms with Crippen LogP contribution < -0.4 is 0 Å². The van der Waals surface area contributed by atoms with Gasteiger partial charge in [-0.05, 0) is 49.0 Å². The van der Waals surface area contributed by atoms with Gasteiger partial charge in [0.25, 0.3) is 0 Å². The van der Waals surface area contributed by atoms with E-state index in [4.69, 9.17) is 4.74 Å². The molecule has 1 fully saturated rings. The Kier molecular flexibility index (Phi) is 7.79. The van der Waals surface area contributed by atoms with Crippen LogP contribution in [0.2, 0.25) is 0 Å². The summed E-state index contributed by atoms with van der Waals surface area (Å²) in [5.74, 6) is -1.29. The molecule has 3 atom stereocenters. The van der Waals surface area contributed by atoms with E-state index in [2.05, 4.69) is 17.0 Å². The molecule has 0 aromatic heterocycles.